The van der Waals surface area contributed by atoms with Gasteiger partial charge in [-0.1, -0.05) is 11.2 Å². The molecule has 0 aromatic carbocycles. The molecule has 0 unspecified atom stereocenters. The number of amides is 1. The van der Waals surface area contributed by atoms with E-state index in [9.17, 15) is 4.79 Å². The number of H-pyrrole nitrogens is 1. The molecule has 0 bridgehead atoms. The maximum Gasteiger partial charge on any atom is 0.272 e. The second-order valence-electron chi connectivity index (χ2n) is 6.21. The third-order valence-electron chi connectivity index (χ3n) is 4.27. The molecule has 5 rings (SSSR count). The van der Waals surface area contributed by atoms with Crippen LogP contribution < -0.4 is 5.32 Å². The van der Waals surface area contributed by atoms with E-state index in [0.29, 0.717) is 34.4 Å². The summed E-state index contributed by atoms with van der Waals surface area (Å²) in [6.45, 7) is 1.93. The molecule has 0 radical (unpaired) electrons. The van der Waals surface area contributed by atoms with Crippen LogP contribution in [-0.2, 0) is 6.54 Å². The van der Waals surface area contributed by atoms with Crippen molar-refractivity contribution < 1.29 is 9.32 Å². The monoisotopic (exact) mass is 406 g/mol. The molecule has 144 valence electrons. The molecule has 0 aliphatic heterocycles. The van der Waals surface area contributed by atoms with Crippen molar-refractivity contribution in [3.8, 4) is 22.0 Å². The van der Waals surface area contributed by atoms with Crippen LogP contribution in [0, 0.1) is 6.92 Å². The molecule has 2 N–H and O–H groups in total. The van der Waals surface area contributed by atoms with E-state index in [0.717, 1.165) is 10.6 Å². The van der Waals surface area contributed by atoms with E-state index >= 15 is 0 Å². The molecule has 5 aromatic heterocycles. The van der Waals surface area contributed by atoms with Crippen molar-refractivity contribution in [1.82, 2.24) is 40.3 Å². The zero-order valence-electron chi connectivity index (χ0n) is 15.2. The average Bonchev–Trinajstić information content (AvgIpc) is 3.52. The molecule has 29 heavy (non-hydrogen) atoms. The molecule has 0 atom stereocenters. The molecule has 11 heteroatoms. The van der Waals surface area contributed by atoms with Gasteiger partial charge >= 0.3 is 0 Å². The number of pyridine rings is 1. The standard InChI is InChI=1S/C18H14N8O2S/c1-10-20-18(28-25-10)11-4-2-6-26-15(23-24-16(11)26)9-19-17(27)13-8-12(21-22-13)14-5-3-7-29-14/h2-8H,9H2,1H3,(H,19,27)(H,21,22). The van der Waals surface area contributed by atoms with Crippen LogP contribution in [0.4, 0.5) is 0 Å². The number of aryl methyl sites for hydroxylation is 1. The van der Waals surface area contributed by atoms with E-state index in [-0.39, 0.29) is 12.5 Å². The van der Waals surface area contributed by atoms with Crippen LogP contribution >= 0.6 is 11.3 Å². The third kappa shape index (κ3) is 3.17. The molecule has 0 saturated carbocycles. The Labute approximate surface area is 167 Å². The predicted molar refractivity (Wildman–Crippen MR) is 104 cm³/mol. The SMILES string of the molecule is Cc1noc(-c2cccn3c(CNC(=O)c4cc(-c5cccs5)[nH]n4)nnc23)n1. The molecule has 5 heterocycles. The first-order chi connectivity index (χ1) is 14.2. The second-order valence-corrected chi connectivity index (χ2v) is 7.15. The molecule has 5 aromatic rings. The highest BCUT2D eigenvalue weighted by Crippen LogP contribution is 2.23. The number of hydrogen-bond acceptors (Lipinski definition) is 8. The highest BCUT2D eigenvalue weighted by Gasteiger charge is 2.17. The minimum Gasteiger partial charge on any atom is -0.343 e. The van der Waals surface area contributed by atoms with Gasteiger partial charge in [0.15, 0.2) is 23.0 Å². The van der Waals surface area contributed by atoms with Crippen LogP contribution in [0.5, 0.6) is 0 Å². The minimum absolute atomic E-state index is 0.188. The highest BCUT2D eigenvalue weighted by molar-refractivity contribution is 7.13. The Kier molecular flexibility index (Phi) is 4.13. The number of thiophene rings is 1. The lowest BCUT2D eigenvalue weighted by molar-refractivity contribution is 0.0944. The lowest BCUT2D eigenvalue weighted by Crippen LogP contribution is -2.24. The van der Waals surface area contributed by atoms with Gasteiger partial charge in [-0.3, -0.25) is 14.3 Å². The van der Waals surface area contributed by atoms with Gasteiger partial charge in [-0.05, 0) is 36.6 Å². The number of aromatic nitrogens is 7. The number of carbonyl (C=O) groups excluding carboxylic acids is 1. The van der Waals surface area contributed by atoms with Gasteiger partial charge in [-0.15, -0.1) is 21.5 Å². The number of nitrogens with zero attached hydrogens (tertiary/aromatic N) is 6. The second kappa shape index (κ2) is 6.95. The Morgan fingerprint density at radius 3 is 3.03 bits per heavy atom. The summed E-state index contributed by atoms with van der Waals surface area (Å²) in [5.74, 6) is 1.17. The first-order valence-corrected chi connectivity index (χ1v) is 9.58. The van der Waals surface area contributed by atoms with E-state index in [1.54, 1.807) is 28.7 Å². The van der Waals surface area contributed by atoms with Gasteiger partial charge in [0.25, 0.3) is 11.8 Å². The smallest absolute Gasteiger partial charge is 0.272 e. The molecule has 0 aliphatic carbocycles. The van der Waals surface area contributed by atoms with Gasteiger partial charge in [-0.25, -0.2) is 0 Å². The molecule has 1 amide bonds. The quantitative estimate of drug-likeness (QED) is 0.459. The maximum absolute atomic E-state index is 12.5. The number of rotatable bonds is 5. The summed E-state index contributed by atoms with van der Waals surface area (Å²) < 4.78 is 7.01. The van der Waals surface area contributed by atoms with Gasteiger partial charge in [0, 0.05) is 6.20 Å². The van der Waals surface area contributed by atoms with Gasteiger partial charge in [0.05, 0.1) is 22.7 Å². The average molecular weight is 406 g/mol. The van der Waals surface area contributed by atoms with Crippen LogP contribution in [0.25, 0.3) is 27.7 Å². The number of carbonyl (C=O) groups is 1. The number of nitrogens with one attached hydrogen (secondary N) is 2. The summed E-state index contributed by atoms with van der Waals surface area (Å²) in [7, 11) is 0. The van der Waals surface area contributed by atoms with Crippen molar-refractivity contribution in [2.45, 2.75) is 13.5 Å². The maximum atomic E-state index is 12.5. The van der Waals surface area contributed by atoms with Crippen LogP contribution in [0.15, 0.2) is 46.4 Å². The third-order valence-corrected chi connectivity index (χ3v) is 5.17. The molecular formula is C18H14N8O2S. The van der Waals surface area contributed by atoms with Gasteiger partial charge < -0.3 is 9.84 Å². The minimum atomic E-state index is -0.301. The van der Waals surface area contributed by atoms with E-state index in [1.165, 1.54) is 0 Å². The van der Waals surface area contributed by atoms with E-state index in [2.05, 4.69) is 35.9 Å². The van der Waals surface area contributed by atoms with Gasteiger partial charge in [-0.2, -0.15) is 10.1 Å². The van der Waals surface area contributed by atoms with Crippen LogP contribution in [0.2, 0.25) is 0 Å². The molecule has 10 nitrogen and oxygen atoms in total. The molecule has 0 fully saturated rings. The number of aromatic amines is 1. The highest BCUT2D eigenvalue weighted by atomic mass is 32.1. The largest absolute Gasteiger partial charge is 0.343 e. The Hall–Kier alpha value is -3.86. The lowest BCUT2D eigenvalue weighted by atomic mass is 10.2. The fourth-order valence-corrected chi connectivity index (χ4v) is 3.60. The first kappa shape index (κ1) is 17.3. The topological polar surface area (TPSA) is 127 Å². The lowest BCUT2D eigenvalue weighted by Gasteiger charge is -2.03. The fourth-order valence-electron chi connectivity index (χ4n) is 2.90. The number of fused-ring (bicyclic) bond motifs is 1. The Balaban J connectivity index is 1.35. The van der Waals surface area contributed by atoms with Gasteiger partial charge in [0.2, 0.25) is 0 Å². The summed E-state index contributed by atoms with van der Waals surface area (Å²) >= 11 is 1.57. The summed E-state index contributed by atoms with van der Waals surface area (Å²) in [6.07, 6.45) is 1.81. The first-order valence-electron chi connectivity index (χ1n) is 8.70. The van der Waals surface area contributed by atoms with E-state index in [1.807, 2.05) is 35.8 Å². The molecule has 0 saturated heterocycles. The predicted octanol–water partition coefficient (Wildman–Crippen LogP) is 2.47. The van der Waals surface area contributed by atoms with E-state index < -0.39 is 0 Å². The summed E-state index contributed by atoms with van der Waals surface area (Å²) in [5.41, 5.74) is 2.35. The fraction of sp³-hybridized carbons (Fsp3) is 0.111. The van der Waals surface area contributed by atoms with Crippen LogP contribution in [0.1, 0.15) is 22.1 Å². The number of hydrogen-bond donors (Lipinski definition) is 2. The zero-order valence-corrected chi connectivity index (χ0v) is 16.0. The summed E-state index contributed by atoms with van der Waals surface area (Å²) in [4.78, 5) is 17.7. The van der Waals surface area contributed by atoms with Crippen molar-refractivity contribution in [3.63, 3.8) is 0 Å². The zero-order chi connectivity index (χ0) is 19.8. The van der Waals surface area contributed by atoms with Crippen LogP contribution in [-0.4, -0.2) is 40.8 Å². The summed E-state index contributed by atoms with van der Waals surface area (Å²) in [6, 6.07) is 9.29. The van der Waals surface area contributed by atoms with Crippen LogP contribution in [0.3, 0.4) is 0 Å². The van der Waals surface area contributed by atoms with Crippen molar-refractivity contribution in [3.05, 3.63) is 59.3 Å². The van der Waals surface area contributed by atoms with E-state index in [4.69, 9.17) is 4.52 Å². The Bertz CT molecular complexity index is 1300. The van der Waals surface area contributed by atoms with Crippen molar-refractivity contribution >= 4 is 22.9 Å². The normalized spacial score (nSPS) is 11.2. The Morgan fingerprint density at radius 1 is 1.31 bits per heavy atom. The molecule has 0 spiro atoms. The van der Waals surface area contributed by atoms with Gasteiger partial charge in [0.1, 0.15) is 0 Å². The Morgan fingerprint density at radius 2 is 2.24 bits per heavy atom. The van der Waals surface area contributed by atoms with Crippen molar-refractivity contribution in [1.29, 1.82) is 0 Å². The molecule has 0 aliphatic rings. The molecular weight excluding hydrogens is 392 g/mol. The summed E-state index contributed by atoms with van der Waals surface area (Å²) in [5, 5.41) is 24.0. The van der Waals surface area contributed by atoms with Crippen molar-refractivity contribution in [2.75, 3.05) is 0 Å². The van der Waals surface area contributed by atoms with Crippen molar-refractivity contribution in [2.24, 2.45) is 0 Å².